The van der Waals surface area contributed by atoms with Crippen molar-refractivity contribution >= 4 is 17.5 Å². The number of rotatable bonds is 5. The smallest absolute Gasteiger partial charge is 0.354 e. The predicted molar refractivity (Wildman–Crippen MR) is 96.8 cm³/mol. The van der Waals surface area contributed by atoms with Crippen molar-refractivity contribution in [1.82, 2.24) is 9.97 Å². The van der Waals surface area contributed by atoms with Crippen molar-refractivity contribution in [3.8, 4) is 0 Å². The van der Waals surface area contributed by atoms with Gasteiger partial charge in [0.2, 0.25) is 5.95 Å². The van der Waals surface area contributed by atoms with Gasteiger partial charge in [0.25, 0.3) is 0 Å². The monoisotopic (exact) mass is 382 g/mol. The minimum Gasteiger partial charge on any atom is -0.354 e. The Kier molecular flexibility index (Phi) is 5.53. The van der Waals surface area contributed by atoms with Crippen LogP contribution in [0.25, 0.3) is 0 Å². The molecule has 3 rings (SSSR count). The first-order valence-corrected chi connectivity index (χ1v) is 9.06. The Morgan fingerprint density at radius 3 is 2.63 bits per heavy atom. The molecule has 27 heavy (non-hydrogen) atoms. The number of nitrogens with one attached hydrogen (secondary N) is 1. The maximum atomic E-state index is 13.5. The van der Waals surface area contributed by atoms with Gasteiger partial charge < -0.3 is 10.2 Å². The SMILES string of the molecule is CCCc1cc(N2CCC[C@H]2C)nc(Nc2ccc(F)c(C(F)(F)F)c2)n1. The van der Waals surface area contributed by atoms with E-state index in [0.717, 1.165) is 55.9 Å². The lowest BCUT2D eigenvalue weighted by atomic mass is 10.2. The molecular weight excluding hydrogens is 360 g/mol. The third kappa shape index (κ3) is 4.48. The molecule has 0 saturated carbocycles. The standard InChI is InChI=1S/C19H22F4N4/c1-3-5-13-11-17(27-9-4-6-12(27)2)26-18(24-13)25-14-7-8-16(20)15(10-14)19(21,22)23/h7-8,10-12H,3-6,9H2,1-2H3,(H,24,25,26)/t12-/m1/s1. The van der Waals surface area contributed by atoms with E-state index in [2.05, 4.69) is 27.1 Å². The largest absolute Gasteiger partial charge is 0.419 e. The minimum absolute atomic E-state index is 0.0952. The molecule has 1 fully saturated rings. The van der Waals surface area contributed by atoms with Crippen molar-refractivity contribution in [3.63, 3.8) is 0 Å². The van der Waals surface area contributed by atoms with Crippen LogP contribution in [-0.2, 0) is 12.6 Å². The van der Waals surface area contributed by atoms with Gasteiger partial charge in [-0.15, -0.1) is 0 Å². The number of hydrogen-bond acceptors (Lipinski definition) is 4. The molecule has 0 aliphatic carbocycles. The molecule has 1 saturated heterocycles. The number of alkyl halides is 3. The average Bonchev–Trinajstić information content (AvgIpc) is 3.02. The Balaban J connectivity index is 1.93. The number of benzene rings is 1. The van der Waals surface area contributed by atoms with Gasteiger partial charge in [0.1, 0.15) is 11.6 Å². The maximum Gasteiger partial charge on any atom is 0.419 e. The Morgan fingerprint density at radius 2 is 2.00 bits per heavy atom. The van der Waals surface area contributed by atoms with Crippen LogP contribution in [0.4, 0.5) is 35.0 Å². The first-order valence-electron chi connectivity index (χ1n) is 9.06. The highest BCUT2D eigenvalue weighted by Gasteiger charge is 2.34. The fourth-order valence-corrected chi connectivity index (χ4v) is 3.29. The molecule has 0 bridgehead atoms. The molecular formula is C19H22F4N4. The van der Waals surface area contributed by atoms with Crippen LogP contribution in [0.3, 0.4) is 0 Å². The summed E-state index contributed by atoms with van der Waals surface area (Å²) in [7, 11) is 0. The molecule has 146 valence electrons. The third-order valence-corrected chi connectivity index (χ3v) is 4.65. The van der Waals surface area contributed by atoms with Crippen LogP contribution >= 0.6 is 0 Å². The number of nitrogens with zero attached hydrogens (tertiary/aromatic N) is 3. The van der Waals surface area contributed by atoms with E-state index in [1.807, 2.05) is 13.0 Å². The summed E-state index contributed by atoms with van der Waals surface area (Å²) in [5.74, 6) is -0.325. The summed E-state index contributed by atoms with van der Waals surface area (Å²) in [4.78, 5) is 11.1. The van der Waals surface area contributed by atoms with Crippen molar-refractivity contribution in [2.75, 3.05) is 16.8 Å². The quantitative estimate of drug-likeness (QED) is 0.711. The molecule has 0 spiro atoms. The topological polar surface area (TPSA) is 41.1 Å². The first-order chi connectivity index (χ1) is 12.8. The van der Waals surface area contributed by atoms with Gasteiger partial charge in [-0.1, -0.05) is 13.3 Å². The van der Waals surface area contributed by atoms with Gasteiger partial charge in [-0.2, -0.15) is 18.2 Å². The van der Waals surface area contributed by atoms with E-state index < -0.39 is 17.6 Å². The molecule has 1 aliphatic rings. The van der Waals surface area contributed by atoms with E-state index in [9.17, 15) is 17.6 Å². The molecule has 8 heteroatoms. The van der Waals surface area contributed by atoms with Crippen molar-refractivity contribution in [2.24, 2.45) is 0 Å². The zero-order valence-electron chi connectivity index (χ0n) is 15.3. The second-order valence-electron chi connectivity index (χ2n) is 6.79. The molecule has 2 heterocycles. The first kappa shape index (κ1) is 19.4. The molecule has 0 radical (unpaired) electrons. The Bertz CT molecular complexity index is 807. The van der Waals surface area contributed by atoms with Gasteiger partial charge >= 0.3 is 6.18 Å². The molecule has 0 amide bonds. The molecule has 1 aromatic heterocycles. The van der Waals surface area contributed by atoms with E-state index in [-0.39, 0.29) is 11.6 Å². The molecule has 1 atom stereocenters. The summed E-state index contributed by atoms with van der Waals surface area (Å²) >= 11 is 0. The van der Waals surface area contributed by atoms with Crippen LogP contribution in [0.5, 0.6) is 0 Å². The highest BCUT2D eigenvalue weighted by Crippen LogP contribution is 2.33. The van der Waals surface area contributed by atoms with Crippen LogP contribution in [0.1, 0.15) is 44.4 Å². The van der Waals surface area contributed by atoms with Crippen molar-refractivity contribution in [3.05, 3.63) is 41.3 Å². The highest BCUT2D eigenvalue weighted by atomic mass is 19.4. The van der Waals surface area contributed by atoms with E-state index >= 15 is 0 Å². The minimum atomic E-state index is -4.76. The Labute approximate surface area is 155 Å². The van der Waals surface area contributed by atoms with Gasteiger partial charge in [-0.3, -0.25) is 0 Å². The summed E-state index contributed by atoms with van der Waals surface area (Å²) in [5.41, 5.74) is -0.398. The van der Waals surface area contributed by atoms with Crippen molar-refractivity contribution in [2.45, 2.75) is 51.7 Å². The average molecular weight is 382 g/mol. The van der Waals surface area contributed by atoms with Crippen LogP contribution in [0.15, 0.2) is 24.3 Å². The van der Waals surface area contributed by atoms with Crippen LogP contribution in [0.2, 0.25) is 0 Å². The molecule has 2 aromatic rings. The highest BCUT2D eigenvalue weighted by molar-refractivity contribution is 5.57. The second-order valence-corrected chi connectivity index (χ2v) is 6.79. The summed E-state index contributed by atoms with van der Waals surface area (Å²) in [6, 6.07) is 5.07. The number of hydrogen-bond donors (Lipinski definition) is 1. The fourth-order valence-electron chi connectivity index (χ4n) is 3.29. The Hall–Kier alpha value is -2.38. The van der Waals surface area contributed by atoms with Gasteiger partial charge in [0, 0.05) is 30.0 Å². The molecule has 0 unspecified atom stereocenters. The zero-order chi connectivity index (χ0) is 19.6. The number of aromatic nitrogens is 2. The molecule has 1 N–H and O–H groups in total. The second kappa shape index (κ2) is 7.70. The summed E-state index contributed by atoms with van der Waals surface area (Å²) in [6.07, 6.45) is -0.987. The van der Waals surface area contributed by atoms with Crippen LogP contribution in [0, 0.1) is 5.82 Å². The zero-order valence-corrected chi connectivity index (χ0v) is 15.3. The summed E-state index contributed by atoms with van der Waals surface area (Å²) in [5, 5.41) is 2.81. The molecule has 1 aromatic carbocycles. The van der Waals surface area contributed by atoms with Gasteiger partial charge in [-0.25, -0.2) is 9.37 Å². The van der Waals surface area contributed by atoms with Gasteiger partial charge in [0.15, 0.2) is 0 Å². The Morgan fingerprint density at radius 1 is 1.22 bits per heavy atom. The van der Waals surface area contributed by atoms with Crippen LogP contribution in [-0.4, -0.2) is 22.6 Å². The van der Waals surface area contributed by atoms with Crippen LogP contribution < -0.4 is 10.2 Å². The van der Waals surface area contributed by atoms with Crippen molar-refractivity contribution in [1.29, 1.82) is 0 Å². The lowest BCUT2D eigenvalue weighted by Crippen LogP contribution is -2.27. The molecule has 4 nitrogen and oxygen atoms in total. The van der Waals surface area contributed by atoms with E-state index in [1.54, 1.807) is 0 Å². The van der Waals surface area contributed by atoms with E-state index in [4.69, 9.17) is 0 Å². The van der Waals surface area contributed by atoms with Gasteiger partial charge in [-0.05, 0) is 44.4 Å². The summed E-state index contributed by atoms with van der Waals surface area (Å²) < 4.78 is 52.3. The normalized spacial score (nSPS) is 17.4. The van der Waals surface area contributed by atoms with Crippen molar-refractivity contribution < 1.29 is 17.6 Å². The van der Waals surface area contributed by atoms with Gasteiger partial charge in [0.05, 0.1) is 5.56 Å². The third-order valence-electron chi connectivity index (χ3n) is 4.65. The fraction of sp³-hybridized carbons (Fsp3) is 0.474. The lowest BCUT2D eigenvalue weighted by molar-refractivity contribution is -0.139. The predicted octanol–water partition coefficient (Wildman–Crippen LogP) is 5.32. The van der Waals surface area contributed by atoms with E-state index in [0.29, 0.717) is 6.04 Å². The lowest BCUT2D eigenvalue weighted by Gasteiger charge is -2.23. The molecule has 1 aliphatic heterocycles. The van der Waals surface area contributed by atoms with E-state index in [1.165, 1.54) is 6.07 Å². The number of anilines is 3. The number of halogens is 4. The number of aryl methyl sites for hydroxylation is 1. The maximum absolute atomic E-state index is 13.5. The summed E-state index contributed by atoms with van der Waals surface area (Å²) in [6.45, 7) is 5.04.